The van der Waals surface area contributed by atoms with E-state index in [-0.39, 0.29) is 11.7 Å². The second-order valence-corrected chi connectivity index (χ2v) is 4.15. The number of rotatable bonds is 5. The van der Waals surface area contributed by atoms with Crippen LogP contribution in [0.15, 0.2) is 28.7 Å². The highest BCUT2D eigenvalue weighted by molar-refractivity contribution is 5.78. The molecule has 0 spiro atoms. The van der Waals surface area contributed by atoms with Gasteiger partial charge in [-0.05, 0) is 25.5 Å². The number of aliphatic hydroxyl groups excluding tert-OH is 1. The Morgan fingerprint density at radius 2 is 2.17 bits per heavy atom. The van der Waals surface area contributed by atoms with Gasteiger partial charge in [-0.1, -0.05) is 19.1 Å². The lowest BCUT2D eigenvalue weighted by Gasteiger charge is -2.19. The summed E-state index contributed by atoms with van der Waals surface area (Å²) in [7, 11) is 0. The Hall–Kier alpha value is -1.39. The quantitative estimate of drug-likeness (QED) is 0.886. The first-order valence-corrected chi connectivity index (χ1v) is 6.15. The summed E-state index contributed by atoms with van der Waals surface area (Å²) in [5, 5.41) is 10.8. The molecule has 0 aliphatic rings. The van der Waals surface area contributed by atoms with Crippen LogP contribution in [0, 0.1) is 5.82 Å². The number of para-hydroxylation sites is 1. The highest BCUT2D eigenvalue weighted by Gasteiger charge is 2.23. The molecule has 18 heavy (non-hydrogen) atoms. The fourth-order valence-corrected chi connectivity index (χ4v) is 2.02. The van der Waals surface area contributed by atoms with Crippen LogP contribution in [0.2, 0.25) is 0 Å². The smallest absolute Gasteiger partial charge is 0.170 e. The van der Waals surface area contributed by atoms with Gasteiger partial charge in [0, 0.05) is 12.0 Å². The zero-order chi connectivity index (χ0) is 13.1. The minimum Gasteiger partial charge on any atom is -0.455 e. The predicted octanol–water partition coefficient (Wildman–Crippen LogP) is 3.42. The van der Waals surface area contributed by atoms with Crippen molar-refractivity contribution in [3.63, 3.8) is 0 Å². The van der Waals surface area contributed by atoms with Gasteiger partial charge in [-0.3, -0.25) is 0 Å². The summed E-state index contributed by atoms with van der Waals surface area (Å²) in [6, 6.07) is 6.36. The number of hydrogen-bond donors (Lipinski definition) is 1. The molecule has 3 nitrogen and oxygen atoms in total. The lowest BCUT2D eigenvalue weighted by atomic mass is 10.1. The average Bonchev–Trinajstić information content (AvgIpc) is 2.80. The molecule has 98 valence electrons. The first-order chi connectivity index (χ1) is 8.67. The van der Waals surface area contributed by atoms with E-state index in [0.29, 0.717) is 24.2 Å². The molecule has 2 aromatic rings. The van der Waals surface area contributed by atoms with Crippen LogP contribution in [-0.4, -0.2) is 17.8 Å². The molecule has 4 heteroatoms. The van der Waals surface area contributed by atoms with Crippen LogP contribution in [-0.2, 0) is 4.74 Å². The van der Waals surface area contributed by atoms with Crippen LogP contribution in [0.3, 0.4) is 0 Å². The van der Waals surface area contributed by atoms with Crippen molar-refractivity contribution in [3.8, 4) is 0 Å². The van der Waals surface area contributed by atoms with E-state index in [1.165, 1.54) is 6.07 Å². The maximum absolute atomic E-state index is 13.5. The Kier molecular flexibility index (Phi) is 3.99. The minimum absolute atomic E-state index is 0.179. The standard InChI is InChI=1S/C14H17FO3/c1-3-11(17-4-2)13(16)12-8-9-6-5-7-10(15)14(9)18-12/h5-8,11,13,16H,3-4H2,1-2H3. The van der Waals surface area contributed by atoms with Gasteiger partial charge in [-0.2, -0.15) is 0 Å². The molecule has 0 amide bonds. The second kappa shape index (κ2) is 5.50. The third-order valence-corrected chi connectivity index (χ3v) is 2.94. The summed E-state index contributed by atoms with van der Waals surface area (Å²) in [6.07, 6.45) is -0.547. The van der Waals surface area contributed by atoms with Crippen LogP contribution < -0.4 is 0 Å². The fourth-order valence-electron chi connectivity index (χ4n) is 2.02. The summed E-state index contributed by atoms with van der Waals surface area (Å²) >= 11 is 0. The summed E-state index contributed by atoms with van der Waals surface area (Å²) < 4.78 is 24.3. The Bertz CT molecular complexity index is 521. The molecule has 0 saturated heterocycles. The number of halogens is 1. The molecule has 0 radical (unpaired) electrons. The number of benzene rings is 1. The summed E-state index contributed by atoms with van der Waals surface area (Å²) in [5.41, 5.74) is 0.179. The molecule has 2 rings (SSSR count). The summed E-state index contributed by atoms with van der Waals surface area (Å²) in [6.45, 7) is 4.31. The van der Waals surface area contributed by atoms with Crippen LogP contribution in [0.5, 0.6) is 0 Å². The van der Waals surface area contributed by atoms with Crippen LogP contribution >= 0.6 is 0 Å². The molecule has 0 aliphatic carbocycles. The predicted molar refractivity (Wildman–Crippen MR) is 66.8 cm³/mol. The van der Waals surface area contributed by atoms with E-state index in [0.717, 1.165) is 0 Å². The van der Waals surface area contributed by atoms with Crippen molar-refractivity contribution >= 4 is 11.0 Å². The van der Waals surface area contributed by atoms with Gasteiger partial charge >= 0.3 is 0 Å². The van der Waals surface area contributed by atoms with E-state index in [4.69, 9.17) is 9.15 Å². The Labute approximate surface area is 105 Å². The fraction of sp³-hybridized carbons (Fsp3) is 0.429. The molecular weight excluding hydrogens is 235 g/mol. The topological polar surface area (TPSA) is 42.6 Å². The van der Waals surface area contributed by atoms with Crippen molar-refractivity contribution in [2.24, 2.45) is 0 Å². The lowest BCUT2D eigenvalue weighted by molar-refractivity contribution is -0.0436. The van der Waals surface area contributed by atoms with Crippen molar-refractivity contribution < 1.29 is 18.7 Å². The second-order valence-electron chi connectivity index (χ2n) is 4.15. The van der Waals surface area contributed by atoms with Gasteiger partial charge < -0.3 is 14.3 Å². The zero-order valence-electron chi connectivity index (χ0n) is 10.5. The average molecular weight is 252 g/mol. The first-order valence-electron chi connectivity index (χ1n) is 6.15. The molecule has 0 aliphatic heterocycles. The normalized spacial score (nSPS) is 14.9. The monoisotopic (exact) mass is 252 g/mol. The van der Waals surface area contributed by atoms with Crippen molar-refractivity contribution in [1.29, 1.82) is 0 Å². The van der Waals surface area contributed by atoms with Gasteiger partial charge in [0.05, 0.1) is 6.10 Å². The lowest BCUT2D eigenvalue weighted by Crippen LogP contribution is -2.21. The third kappa shape index (κ3) is 2.40. The molecule has 1 aromatic heterocycles. The number of hydrogen-bond acceptors (Lipinski definition) is 3. The highest BCUT2D eigenvalue weighted by atomic mass is 19.1. The number of fused-ring (bicyclic) bond motifs is 1. The molecule has 0 fully saturated rings. The van der Waals surface area contributed by atoms with E-state index >= 15 is 0 Å². The van der Waals surface area contributed by atoms with Crippen molar-refractivity contribution in [2.75, 3.05) is 6.61 Å². The molecule has 0 bridgehead atoms. The first kappa shape index (κ1) is 13.1. The van der Waals surface area contributed by atoms with Gasteiger partial charge in [0.25, 0.3) is 0 Å². The highest BCUT2D eigenvalue weighted by Crippen LogP contribution is 2.29. The zero-order valence-corrected chi connectivity index (χ0v) is 10.5. The Morgan fingerprint density at radius 1 is 1.39 bits per heavy atom. The third-order valence-electron chi connectivity index (χ3n) is 2.94. The van der Waals surface area contributed by atoms with E-state index < -0.39 is 11.9 Å². The van der Waals surface area contributed by atoms with Gasteiger partial charge in [0.2, 0.25) is 0 Å². The minimum atomic E-state index is -0.873. The maximum atomic E-state index is 13.5. The molecule has 1 heterocycles. The molecule has 2 unspecified atom stereocenters. The SMILES string of the molecule is CCOC(CC)C(O)c1cc2cccc(F)c2o1. The van der Waals surface area contributed by atoms with Gasteiger partial charge in [0.15, 0.2) is 11.4 Å². The van der Waals surface area contributed by atoms with E-state index in [9.17, 15) is 9.50 Å². The van der Waals surface area contributed by atoms with Crippen LogP contribution in [0.25, 0.3) is 11.0 Å². The number of furan rings is 1. The van der Waals surface area contributed by atoms with E-state index in [1.807, 2.05) is 13.8 Å². The molecular formula is C14H17FO3. The van der Waals surface area contributed by atoms with Crippen molar-refractivity contribution in [2.45, 2.75) is 32.5 Å². The molecule has 2 atom stereocenters. The number of aliphatic hydroxyl groups is 1. The van der Waals surface area contributed by atoms with Crippen molar-refractivity contribution in [3.05, 3.63) is 35.8 Å². The van der Waals surface area contributed by atoms with Crippen LogP contribution in [0.4, 0.5) is 4.39 Å². The van der Waals surface area contributed by atoms with E-state index in [2.05, 4.69) is 0 Å². The number of ether oxygens (including phenoxy) is 1. The van der Waals surface area contributed by atoms with E-state index in [1.54, 1.807) is 18.2 Å². The van der Waals surface area contributed by atoms with Crippen LogP contribution in [0.1, 0.15) is 32.1 Å². The Morgan fingerprint density at radius 3 is 2.78 bits per heavy atom. The van der Waals surface area contributed by atoms with Gasteiger partial charge in [-0.25, -0.2) is 4.39 Å². The maximum Gasteiger partial charge on any atom is 0.170 e. The summed E-state index contributed by atoms with van der Waals surface area (Å²) in [5.74, 6) is -0.0780. The Balaban J connectivity index is 2.32. The largest absolute Gasteiger partial charge is 0.455 e. The van der Waals surface area contributed by atoms with Gasteiger partial charge in [-0.15, -0.1) is 0 Å². The van der Waals surface area contributed by atoms with Gasteiger partial charge in [0.1, 0.15) is 11.9 Å². The summed E-state index contributed by atoms with van der Waals surface area (Å²) in [4.78, 5) is 0. The molecule has 0 saturated carbocycles. The molecule has 1 aromatic carbocycles. The van der Waals surface area contributed by atoms with Crippen molar-refractivity contribution in [1.82, 2.24) is 0 Å². The molecule has 1 N–H and O–H groups in total.